The molecule has 0 radical (unpaired) electrons. The highest BCUT2D eigenvalue weighted by Gasteiger charge is 1.93. The van der Waals surface area contributed by atoms with Crippen molar-refractivity contribution < 1.29 is 0 Å². The zero-order chi connectivity index (χ0) is 14.6. The van der Waals surface area contributed by atoms with E-state index in [2.05, 4.69) is 33.5 Å². The highest BCUT2D eigenvalue weighted by Crippen LogP contribution is 2.09. The molecule has 0 amide bonds. The van der Waals surface area contributed by atoms with Crippen molar-refractivity contribution in [2.45, 2.75) is 19.3 Å². The van der Waals surface area contributed by atoms with Crippen LogP contribution in [0.4, 0.5) is 0 Å². The Labute approximate surface area is 126 Å². The van der Waals surface area contributed by atoms with E-state index in [9.17, 15) is 0 Å². The number of rotatable bonds is 0. The van der Waals surface area contributed by atoms with Gasteiger partial charge in [0.15, 0.2) is 0 Å². The Kier molecular flexibility index (Phi) is 7.07. The lowest BCUT2D eigenvalue weighted by atomic mass is 10.2. The quantitative estimate of drug-likeness (QED) is 0.653. The van der Waals surface area contributed by atoms with Crippen LogP contribution in [0.3, 0.4) is 0 Å². The number of fused-ring (bicyclic) bond motifs is 1. The van der Waals surface area contributed by atoms with Gasteiger partial charge in [0.25, 0.3) is 0 Å². The van der Waals surface area contributed by atoms with Crippen molar-refractivity contribution in [1.82, 2.24) is 15.3 Å². The van der Waals surface area contributed by atoms with Gasteiger partial charge in [0.1, 0.15) is 0 Å². The number of pyridine rings is 1. The topological polar surface area (TPSA) is 40.7 Å². The fraction of sp³-hybridized carbons (Fsp3) is 0.278. The molecule has 3 nitrogen and oxygen atoms in total. The van der Waals surface area contributed by atoms with Crippen LogP contribution < -0.4 is 5.32 Å². The normalized spacial score (nSPS) is 13.5. The molecule has 0 saturated carbocycles. The summed E-state index contributed by atoms with van der Waals surface area (Å²) in [5.74, 6) is 0. The first-order valence-corrected chi connectivity index (χ1v) is 7.54. The zero-order valence-corrected chi connectivity index (χ0v) is 12.3. The van der Waals surface area contributed by atoms with E-state index in [-0.39, 0.29) is 0 Å². The van der Waals surface area contributed by atoms with E-state index < -0.39 is 0 Å². The summed E-state index contributed by atoms with van der Waals surface area (Å²) >= 11 is 0. The van der Waals surface area contributed by atoms with Crippen molar-refractivity contribution in [2.24, 2.45) is 0 Å². The number of benzene rings is 1. The molecule has 4 rings (SSSR count). The Morgan fingerprint density at radius 2 is 1.52 bits per heavy atom. The lowest BCUT2D eigenvalue weighted by molar-refractivity contribution is 0.520. The van der Waals surface area contributed by atoms with E-state index in [1.165, 1.54) is 43.3 Å². The standard InChI is InChI=1S/C8H7N.C5H11N.C5H5N/c1-2-4-8-7(3-1)5-6-9-8;2*1-2-4-6-5-3-1/h1-6,9H;6H,1-5H2;1-5H. The molecule has 3 heteroatoms. The summed E-state index contributed by atoms with van der Waals surface area (Å²) in [5.41, 5.74) is 1.21. The third-order valence-corrected chi connectivity index (χ3v) is 3.24. The number of para-hydroxylation sites is 1. The van der Waals surface area contributed by atoms with Gasteiger partial charge in [-0.2, -0.15) is 0 Å². The third kappa shape index (κ3) is 6.23. The van der Waals surface area contributed by atoms with Gasteiger partial charge in [-0.25, -0.2) is 0 Å². The zero-order valence-electron chi connectivity index (χ0n) is 12.3. The summed E-state index contributed by atoms with van der Waals surface area (Å²) in [4.78, 5) is 6.90. The Bertz CT molecular complexity index is 517. The first-order chi connectivity index (χ1) is 10.5. The maximum Gasteiger partial charge on any atom is 0.0453 e. The summed E-state index contributed by atoms with van der Waals surface area (Å²) in [6, 6.07) is 16.0. The third-order valence-electron chi connectivity index (χ3n) is 3.24. The fourth-order valence-electron chi connectivity index (χ4n) is 2.11. The molecule has 0 spiro atoms. The van der Waals surface area contributed by atoms with E-state index in [1.807, 2.05) is 36.5 Å². The van der Waals surface area contributed by atoms with Crippen molar-refractivity contribution in [1.29, 1.82) is 0 Å². The van der Waals surface area contributed by atoms with Crippen molar-refractivity contribution >= 4 is 10.9 Å². The van der Waals surface area contributed by atoms with Gasteiger partial charge in [0.2, 0.25) is 0 Å². The van der Waals surface area contributed by atoms with Gasteiger partial charge in [0, 0.05) is 24.1 Å². The Hall–Kier alpha value is -2.13. The average Bonchev–Trinajstić information content (AvgIpc) is 3.08. The molecule has 2 aromatic heterocycles. The van der Waals surface area contributed by atoms with Gasteiger partial charge in [-0.3, -0.25) is 4.98 Å². The Balaban J connectivity index is 0.000000120. The van der Waals surface area contributed by atoms with Crippen molar-refractivity contribution in [3.8, 4) is 0 Å². The maximum atomic E-state index is 3.78. The van der Waals surface area contributed by atoms with Crippen LogP contribution in [0.25, 0.3) is 10.9 Å². The van der Waals surface area contributed by atoms with Crippen LogP contribution in [0.1, 0.15) is 19.3 Å². The summed E-state index contributed by atoms with van der Waals surface area (Å²) in [6.45, 7) is 2.50. The molecular formula is C18H23N3. The molecule has 110 valence electrons. The molecule has 1 saturated heterocycles. The summed E-state index contributed by atoms with van der Waals surface area (Å²) in [6.07, 6.45) is 9.66. The highest BCUT2D eigenvalue weighted by molar-refractivity contribution is 5.78. The van der Waals surface area contributed by atoms with E-state index in [0.717, 1.165) is 0 Å². The molecule has 0 atom stereocenters. The average molecular weight is 281 g/mol. The van der Waals surface area contributed by atoms with E-state index >= 15 is 0 Å². The molecule has 3 aromatic rings. The largest absolute Gasteiger partial charge is 0.361 e. The first-order valence-electron chi connectivity index (χ1n) is 7.54. The van der Waals surface area contributed by atoms with Gasteiger partial charge in [-0.15, -0.1) is 0 Å². The lowest BCUT2D eigenvalue weighted by Gasteiger charge is -2.08. The minimum absolute atomic E-state index is 1.21. The minimum atomic E-state index is 1.21. The number of hydrogen-bond donors (Lipinski definition) is 2. The van der Waals surface area contributed by atoms with Gasteiger partial charge in [-0.1, -0.05) is 30.7 Å². The number of aromatic amines is 1. The lowest BCUT2D eigenvalue weighted by Crippen LogP contribution is -2.21. The van der Waals surface area contributed by atoms with Crippen LogP contribution in [-0.2, 0) is 0 Å². The van der Waals surface area contributed by atoms with Crippen LogP contribution in [0, 0.1) is 0 Å². The number of H-pyrrole nitrogens is 1. The van der Waals surface area contributed by atoms with Crippen LogP contribution in [0.2, 0.25) is 0 Å². The van der Waals surface area contributed by atoms with Gasteiger partial charge >= 0.3 is 0 Å². The monoisotopic (exact) mass is 281 g/mol. The molecule has 1 aliphatic rings. The Morgan fingerprint density at radius 1 is 0.762 bits per heavy atom. The van der Waals surface area contributed by atoms with Gasteiger partial charge in [-0.05, 0) is 55.6 Å². The van der Waals surface area contributed by atoms with E-state index in [1.54, 1.807) is 12.4 Å². The molecule has 0 aliphatic carbocycles. The second kappa shape index (κ2) is 9.72. The maximum absolute atomic E-state index is 3.78. The van der Waals surface area contributed by atoms with Crippen LogP contribution >= 0.6 is 0 Å². The number of hydrogen-bond acceptors (Lipinski definition) is 2. The number of piperidine rings is 1. The smallest absolute Gasteiger partial charge is 0.0453 e. The van der Waals surface area contributed by atoms with Crippen LogP contribution in [0.5, 0.6) is 0 Å². The molecule has 3 heterocycles. The highest BCUT2D eigenvalue weighted by atomic mass is 14.9. The van der Waals surface area contributed by atoms with Crippen LogP contribution in [0.15, 0.2) is 67.1 Å². The van der Waals surface area contributed by atoms with Gasteiger partial charge < -0.3 is 10.3 Å². The SMILES string of the molecule is C1CCNCC1.c1ccc2[nH]ccc2c1.c1ccncc1. The fourth-order valence-corrected chi connectivity index (χ4v) is 2.11. The second-order valence-electron chi connectivity index (χ2n) is 4.90. The molecule has 1 fully saturated rings. The molecule has 1 aliphatic heterocycles. The number of nitrogens with zero attached hydrogens (tertiary/aromatic N) is 1. The first kappa shape index (κ1) is 15.3. The predicted octanol–water partition coefficient (Wildman–Crippen LogP) is 4.01. The molecular weight excluding hydrogens is 258 g/mol. The number of nitrogens with one attached hydrogen (secondary N) is 2. The minimum Gasteiger partial charge on any atom is -0.361 e. The molecule has 21 heavy (non-hydrogen) atoms. The molecule has 0 unspecified atom stereocenters. The predicted molar refractivity (Wildman–Crippen MR) is 89.3 cm³/mol. The number of aromatic nitrogens is 2. The summed E-state index contributed by atoms with van der Waals surface area (Å²) < 4.78 is 0. The molecule has 0 bridgehead atoms. The summed E-state index contributed by atoms with van der Waals surface area (Å²) in [7, 11) is 0. The van der Waals surface area contributed by atoms with Crippen LogP contribution in [-0.4, -0.2) is 23.1 Å². The van der Waals surface area contributed by atoms with Crippen molar-refractivity contribution in [3.63, 3.8) is 0 Å². The Morgan fingerprint density at radius 3 is 2.00 bits per heavy atom. The van der Waals surface area contributed by atoms with Gasteiger partial charge in [0.05, 0.1) is 0 Å². The van der Waals surface area contributed by atoms with E-state index in [0.29, 0.717) is 0 Å². The summed E-state index contributed by atoms with van der Waals surface area (Å²) in [5, 5.41) is 4.56. The second-order valence-corrected chi connectivity index (χ2v) is 4.90. The van der Waals surface area contributed by atoms with E-state index in [4.69, 9.17) is 0 Å². The molecule has 1 aromatic carbocycles. The molecule has 2 N–H and O–H groups in total. The van der Waals surface area contributed by atoms with Crippen molar-refractivity contribution in [2.75, 3.05) is 13.1 Å². The van der Waals surface area contributed by atoms with Crippen molar-refractivity contribution in [3.05, 3.63) is 67.1 Å².